The Bertz CT molecular complexity index is 437. The molecule has 1 aromatic carbocycles. The molecule has 0 radical (unpaired) electrons. The zero-order chi connectivity index (χ0) is 12.4. The first kappa shape index (κ1) is 15.3. The van der Waals surface area contributed by atoms with Crippen molar-refractivity contribution in [2.75, 3.05) is 19.6 Å². The molecule has 1 aliphatic heterocycles. The van der Waals surface area contributed by atoms with Crippen LogP contribution in [0.1, 0.15) is 22.3 Å². The summed E-state index contributed by atoms with van der Waals surface area (Å²) in [5, 5.41) is 0.697. The fraction of sp³-hybridized carbons (Fsp3) is 0.462. The van der Waals surface area contributed by atoms with Gasteiger partial charge in [0, 0.05) is 23.7 Å². The van der Waals surface area contributed by atoms with Crippen LogP contribution in [0, 0.1) is 12.8 Å². The van der Waals surface area contributed by atoms with Gasteiger partial charge >= 0.3 is 0 Å². The first-order chi connectivity index (χ1) is 8.11. The van der Waals surface area contributed by atoms with E-state index in [1.807, 2.05) is 17.9 Å². The average molecular weight is 289 g/mol. The number of carbonyl (C=O) groups excluding carboxylic acids is 1. The highest BCUT2D eigenvalue weighted by molar-refractivity contribution is 6.31. The topological polar surface area (TPSA) is 46.3 Å². The van der Waals surface area contributed by atoms with E-state index in [0.29, 0.717) is 23.0 Å². The van der Waals surface area contributed by atoms with Gasteiger partial charge in [-0.25, -0.2) is 0 Å². The largest absolute Gasteiger partial charge is 0.338 e. The molecule has 1 atom stereocenters. The number of hydrogen-bond acceptors (Lipinski definition) is 2. The fourth-order valence-corrected chi connectivity index (χ4v) is 2.29. The minimum Gasteiger partial charge on any atom is -0.338 e. The molecule has 2 rings (SSSR count). The van der Waals surface area contributed by atoms with E-state index in [2.05, 4.69) is 0 Å². The molecule has 0 aromatic heterocycles. The second kappa shape index (κ2) is 6.41. The Balaban J connectivity index is 0.00000162. The molecule has 0 saturated carbocycles. The molecule has 1 heterocycles. The van der Waals surface area contributed by atoms with Gasteiger partial charge in [-0.2, -0.15) is 0 Å². The number of likely N-dealkylation sites (tertiary alicyclic amines) is 1. The van der Waals surface area contributed by atoms with Gasteiger partial charge in [-0.05, 0) is 49.6 Å². The molecular formula is C13H18Cl2N2O. The third kappa shape index (κ3) is 3.16. The number of nitrogens with zero attached hydrogens (tertiary/aromatic N) is 1. The highest BCUT2D eigenvalue weighted by Gasteiger charge is 2.25. The third-order valence-electron chi connectivity index (χ3n) is 3.31. The summed E-state index contributed by atoms with van der Waals surface area (Å²) in [4.78, 5) is 14.1. The van der Waals surface area contributed by atoms with Crippen molar-refractivity contribution in [2.45, 2.75) is 13.3 Å². The molecule has 3 nitrogen and oxygen atoms in total. The molecule has 1 aliphatic rings. The second-order valence-corrected chi connectivity index (χ2v) is 5.01. The Hall–Kier alpha value is -0.770. The summed E-state index contributed by atoms with van der Waals surface area (Å²) in [6.07, 6.45) is 1.01. The van der Waals surface area contributed by atoms with E-state index in [-0.39, 0.29) is 18.3 Å². The van der Waals surface area contributed by atoms with Crippen LogP contribution in [0.25, 0.3) is 0 Å². The van der Waals surface area contributed by atoms with Crippen LogP contribution in [-0.2, 0) is 0 Å². The van der Waals surface area contributed by atoms with E-state index in [0.717, 1.165) is 25.1 Å². The maximum atomic E-state index is 12.2. The molecule has 1 aromatic rings. The van der Waals surface area contributed by atoms with Gasteiger partial charge < -0.3 is 10.6 Å². The van der Waals surface area contributed by atoms with Gasteiger partial charge in [-0.1, -0.05) is 11.6 Å². The number of carbonyl (C=O) groups is 1. The highest BCUT2D eigenvalue weighted by atomic mass is 35.5. The van der Waals surface area contributed by atoms with Crippen LogP contribution >= 0.6 is 24.0 Å². The lowest BCUT2D eigenvalue weighted by molar-refractivity contribution is 0.0787. The predicted molar refractivity (Wildman–Crippen MR) is 76.5 cm³/mol. The van der Waals surface area contributed by atoms with Gasteiger partial charge in [0.15, 0.2) is 0 Å². The van der Waals surface area contributed by atoms with Gasteiger partial charge in [0.05, 0.1) is 0 Å². The molecule has 0 spiro atoms. The summed E-state index contributed by atoms with van der Waals surface area (Å²) >= 11 is 5.95. The summed E-state index contributed by atoms with van der Waals surface area (Å²) < 4.78 is 0. The Morgan fingerprint density at radius 1 is 1.56 bits per heavy atom. The maximum absolute atomic E-state index is 12.2. The summed E-state index contributed by atoms with van der Waals surface area (Å²) in [5.41, 5.74) is 7.27. The van der Waals surface area contributed by atoms with Crippen molar-refractivity contribution in [2.24, 2.45) is 11.7 Å². The molecule has 18 heavy (non-hydrogen) atoms. The monoisotopic (exact) mass is 288 g/mol. The minimum absolute atomic E-state index is 0. The van der Waals surface area contributed by atoms with Crippen LogP contribution in [0.4, 0.5) is 0 Å². The van der Waals surface area contributed by atoms with Crippen LogP contribution in [0.3, 0.4) is 0 Å². The third-order valence-corrected chi connectivity index (χ3v) is 3.74. The van der Waals surface area contributed by atoms with E-state index >= 15 is 0 Å². The SMILES string of the molecule is Cc1cc(C(=O)N2CCC(CN)C2)ccc1Cl.Cl. The van der Waals surface area contributed by atoms with Gasteiger partial charge in [-0.3, -0.25) is 4.79 Å². The zero-order valence-corrected chi connectivity index (χ0v) is 11.9. The predicted octanol–water partition coefficient (Wildman–Crippen LogP) is 2.49. The summed E-state index contributed by atoms with van der Waals surface area (Å²) in [6, 6.07) is 5.41. The molecule has 1 unspecified atom stereocenters. The molecular weight excluding hydrogens is 271 g/mol. The Kier molecular flexibility index (Phi) is 5.45. The van der Waals surface area contributed by atoms with Gasteiger partial charge in [0.25, 0.3) is 5.91 Å². The Morgan fingerprint density at radius 3 is 2.83 bits per heavy atom. The van der Waals surface area contributed by atoms with Gasteiger partial charge in [0.1, 0.15) is 0 Å². The number of halogens is 2. The molecule has 0 aliphatic carbocycles. The lowest BCUT2D eigenvalue weighted by atomic mass is 10.1. The van der Waals surface area contributed by atoms with E-state index in [1.165, 1.54) is 0 Å². The smallest absolute Gasteiger partial charge is 0.253 e. The van der Waals surface area contributed by atoms with E-state index in [1.54, 1.807) is 12.1 Å². The van der Waals surface area contributed by atoms with Crippen LogP contribution in [0.5, 0.6) is 0 Å². The normalized spacial score (nSPS) is 18.6. The van der Waals surface area contributed by atoms with E-state index in [9.17, 15) is 4.79 Å². The number of nitrogens with two attached hydrogens (primary N) is 1. The molecule has 5 heteroatoms. The standard InChI is InChI=1S/C13H17ClN2O.ClH/c1-9-6-11(2-3-12(9)14)13(17)16-5-4-10(7-15)8-16;/h2-3,6,10H,4-5,7-8,15H2,1H3;1H. The van der Waals surface area contributed by atoms with Crippen LogP contribution in [0.2, 0.25) is 5.02 Å². The summed E-state index contributed by atoms with van der Waals surface area (Å²) in [6.45, 7) is 4.15. The number of benzene rings is 1. The quantitative estimate of drug-likeness (QED) is 0.909. The van der Waals surface area contributed by atoms with Crippen molar-refractivity contribution in [3.63, 3.8) is 0 Å². The van der Waals surface area contributed by atoms with Gasteiger partial charge in [-0.15, -0.1) is 12.4 Å². The fourth-order valence-electron chi connectivity index (χ4n) is 2.17. The number of hydrogen-bond donors (Lipinski definition) is 1. The molecule has 100 valence electrons. The van der Waals surface area contributed by atoms with E-state index in [4.69, 9.17) is 17.3 Å². The van der Waals surface area contributed by atoms with Crippen LogP contribution < -0.4 is 5.73 Å². The maximum Gasteiger partial charge on any atom is 0.253 e. The Morgan fingerprint density at radius 2 is 2.28 bits per heavy atom. The van der Waals surface area contributed by atoms with Crippen molar-refractivity contribution in [3.05, 3.63) is 34.3 Å². The first-order valence-electron chi connectivity index (χ1n) is 5.87. The van der Waals surface area contributed by atoms with Crippen LogP contribution in [-0.4, -0.2) is 30.4 Å². The zero-order valence-electron chi connectivity index (χ0n) is 10.4. The molecule has 2 N–H and O–H groups in total. The number of rotatable bonds is 2. The Labute approximate surface area is 119 Å². The van der Waals surface area contributed by atoms with E-state index < -0.39 is 0 Å². The summed E-state index contributed by atoms with van der Waals surface area (Å²) in [5.74, 6) is 0.535. The van der Waals surface area contributed by atoms with Crippen molar-refractivity contribution in [1.29, 1.82) is 0 Å². The minimum atomic E-state index is 0. The lowest BCUT2D eigenvalue weighted by Gasteiger charge is -2.16. The van der Waals surface area contributed by atoms with Crippen molar-refractivity contribution in [1.82, 2.24) is 4.90 Å². The molecule has 1 fully saturated rings. The second-order valence-electron chi connectivity index (χ2n) is 4.61. The summed E-state index contributed by atoms with van der Waals surface area (Å²) in [7, 11) is 0. The number of amides is 1. The average Bonchev–Trinajstić information content (AvgIpc) is 2.80. The van der Waals surface area contributed by atoms with Crippen molar-refractivity contribution < 1.29 is 4.79 Å². The lowest BCUT2D eigenvalue weighted by Crippen LogP contribution is -2.29. The number of aryl methyl sites for hydroxylation is 1. The van der Waals surface area contributed by atoms with Crippen molar-refractivity contribution >= 4 is 29.9 Å². The molecule has 1 amide bonds. The van der Waals surface area contributed by atoms with Crippen LogP contribution in [0.15, 0.2) is 18.2 Å². The van der Waals surface area contributed by atoms with Crippen molar-refractivity contribution in [3.8, 4) is 0 Å². The highest BCUT2D eigenvalue weighted by Crippen LogP contribution is 2.21. The van der Waals surface area contributed by atoms with Gasteiger partial charge in [0.2, 0.25) is 0 Å². The first-order valence-corrected chi connectivity index (χ1v) is 6.25. The molecule has 1 saturated heterocycles. The molecule has 0 bridgehead atoms.